The Hall–Kier alpha value is -0.530. The van der Waals surface area contributed by atoms with Gasteiger partial charge in [-0.3, -0.25) is 9.13 Å². The molecular weight excluding hydrogens is 233 g/mol. The molecule has 0 spiro atoms. The Morgan fingerprint density at radius 1 is 1.00 bits per heavy atom. The van der Waals surface area contributed by atoms with Crippen molar-refractivity contribution in [2.24, 2.45) is 0 Å². The fourth-order valence-electron chi connectivity index (χ4n) is 0.720. The molecule has 0 aromatic carbocycles. The lowest BCUT2D eigenvalue weighted by molar-refractivity contribution is -0.406. The van der Waals surface area contributed by atoms with Crippen molar-refractivity contribution in [3.05, 3.63) is 0 Å². The van der Waals surface area contributed by atoms with E-state index in [4.69, 9.17) is 0 Å². The Balaban J connectivity index is 4.12. The number of hydrogen-bond acceptors (Lipinski definition) is 1. The molecule has 92 valence electrons. The van der Waals surface area contributed by atoms with Gasteiger partial charge in [-0.15, -0.1) is 0 Å². The molecule has 0 aromatic rings. The number of ether oxygens (including phenoxy) is 1. The van der Waals surface area contributed by atoms with Gasteiger partial charge in [-0.2, -0.15) is 17.6 Å². The van der Waals surface area contributed by atoms with E-state index in [-0.39, 0.29) is 6.42 Å². The average molecular weight is 242 g/mol. The lowest BCUT2D eigenvalue weighted by Gasteiger charge is -2.22. The first-order valence-corrected chi connectivity index (χ1v) is 4.01. The molecule has 0 aliphatic carbocycles. The van der Waals surface area contributed by atoms with Crippen LogP contribution in [-0.2, 0) is 4.74 Å². The van der Waals surface area contributed by atoms with Crippen molar-refractivity contribution in [2.75, 3.05) is 6.67 Å². The van der Waals surface area contributed by atoms with Crippen molar-refractivity contribution in [3.63, 3.8) is 0 Å². The summed E-state index contributed by atoms with van der Waals surface area (Å²) < 4.78 is 86.0. The first-order chi connectivity index (χ1) is 6.71. The van der Waals surface area contributed by atoms with Crippen LogP contribution in [-0.4, -0.2) is 25.3 Å². The highest BCUT2D eigenvalue weighted by atomic mass is 19.3. The smallest absolute Gasteiger partial charge is 0.251 e. The second-order valence-electron chi connectivity index (χ2n) is 2.75. The highest BCUT2D eigenvalue weighted by molar-refractivity contribution is 4.62. The Bertz CT molecular complexity index is 182. The van der Waals surface area contributed by atoms with Crippen molar-refractivity contribution >= 4 is 0 Å². The molecule has 0 amide bonds. The molecule has 15 heavy (non-hydrogen) atoms. The van der Waals surface area contributed by atoms with E-state index in [1.165, 1.54) is 0 Å². The largest absolute Gasteiger partial charge is 0.420 e. The molecule has 8 heteroatoms. The van der Waals surface area contributed by atoms with Crippen molar-refractivity contribution in [2.45, 2.75) is 37.9 Å². The Morgan fingerprint density at radius 3 is 1.93 bits per heavy atom. The molecule has 0 saturated carbocycles. The zero-order valence-electron chi connectivity index (χ0n) is 7.46. The molecular formula is C7H9F7O. The minimum absolute atomic E-state index is 0.265. The first kappa shape index (κ1) is 14.5. The van der Waals surface area contributed by atoms with Crippen LogP contribution in [0.2, 0.25) is 0 Å². The van der Waals surface area contributed by atoms with Gasteiger partial charge in [-0.25, -0.2) is 8.78 Å². The number of unbranched alkanes of at least 4 members (excludes halogenated alkanes) is 1. The molecule has 0 aliphatic rings. The molecule has 0 heterocycles. The minimum Gasteiger partial charge on any atom is -0.251 e. The molecule has 0 atom stereocenters. The van der Waals surface area contributed by atoms with E-state index in [1.807, 2.05) is 0 Å². The molecule has 0 saturated heterocycles. The third kappa shape index (κ3) is 5.81. The summed E-state index contributed by atoms with van der Waals surface area (Å²) in [5, 5.41) is 0. The normalized spacial score (nSPS) is 13.6. The van der Waals surface area contributed by atoms with Crippen molar-refractivity contribution < 1.29 is 35.5 Å². The molecule has 1 nitrogen and oxygen atoms in total. The molecule has 0 bridgehead atoms. The molecule has 0 rings (SSSR count). The van der Waals surface area contributed by atoms with Gasteiger partial charge in [-0.1, -0.05) is 0 Å². The lowest BCUT2D eigenvalue weighted by Crippen LogP contribution is -2.38. The third-order valence-corrected chi connectivity index (χ3v) is 1.39. The summed E-state index contributed by atoms with van der Waals surface area (Å²) >= 11 is 0. The first-order valence-electron chi connectivity index (χ1n) is 4.01. The fraction of sp³-hybridized carbons (Fsp3) is 1.00. The van der Waals surface area contributed by atoms with Crippen LogP contribution in [0.25, 0.3) is 0 Å². The highest BCUT2D eigenvalue weighted by Crippen LogP contribution is 2.34. The van der Waals surface area contributed by atoms with E-state index < -0.39 is 38.2 Å². The zero-order chi connectivity index (χ0) is 12.1. The standard InChI is InChI=1S/C7H9F7O/c8-4-2-1-3-6(11,12)15-7(13,14)5(9)10/h5H,1-4H2. The van der Waals surface area contributed by atoms with Gasteiger partial charge >= 0.3 is 18.6 Å². The number of rotatable bonds is 7. The van der Waals surface area contributed by atoms with Crippen LogP contribution in [0.15, 0.2) is 0 Å². The fourth-order valence-corrected chi connectivity index (χ4v) is 0.720. The van der Waals surface area contributed by atoms with Crippen molar-refractivity contribution in [3.8, 4) is 0 Å². The van der Waals surface area contributed by atoms with Gasteiger partial charge in [0.05, 0.1) is 6.67 Å². The Kier molecular flexibility index (Phi) is 5.33. The predicted octanol–water partition coefficient (Wildman–Crippen LogP) is 3.59. The lowest BCUT2D eigenvalue weighted by atomic mass is 10.2. The molecule has 0 aromatic heterocycles. The topological polar surface area (TPSA) is 9.23 Å². The van der Waals surface area contributed by atoms with E-state index in [9.17, 15) is 30.7 Å². The van der Waals surface area contributed by atoms with Crippen LogP contribution in [0.3, 0.4) is 0 Å². The van der Waals surface area contributed by atoms with Gasteiger partial charge in [-0.05, 0) is 12.8 Å². The van der Waals surface area contributed by atoms with Gasteiger partial charge in [0, 0.05) is 6.42 Å². The number of hydrogen-bond donors (Lipinski definition) is 0. The van der Waals surface area contributed by atoms with Gasteiger partial charge in [0.2, 0.25) is 0 Å². The molecule has 0 fully saturated rings. The van der Waals surface area contributed by atoms with Crippen LogP contribution >= 0.6 is 0 Å². The summed E-state index contributed by atoms with van der Waals surface area (Å²) in [4.78, 5) is 0. The summed E-state index contributed by atoms with van der Waals surface area (Å²) in [7, 11) is 0. The van der Waals surface area contributed by atoms with Crippen molar-refractivity contribution in [1.82, 2.24) is 0 Å². The zero-order valence-corrected chi connectivity index (χ0v) is 7.46. The summed E-state index contributed by atoms with van der Waals surface area (Å²) in [6, 6.07) is 0. The summed E-state index contributed by atoms with van der Waals surface area (Å²) in [5.74, 6) is 0. The molecule has 0 aliphatic heterocycles. The third-order valence-electron chi connectivity index (χ3n) is 1.39. The SMILES string of the molecule is FCCCCC(F)(F)OC(F)(F)C(F)F. The van der Waals surface area contributed by atoms with E-state index in [1.54, 1.807) is 0 Å². The summed E-state index contributed by atoms with van der Waals surface area (Å²) in [6.45, 7) is -0.888. The van der Waals surface area contributed by atoms with Crippen LogP contribution in [0.4, 0.5) is 30.7 Å². The maximum atomic E-state index is 12.4. The monoisotopic (exact) mass is 242 g/mol. The summed E-state index contributed by atoms with van der Waals surface area (Å²) in [5.41, 5.74) is 0. The van der Waals surface area contributed by atoms with E-state index in [2.05, 4.69) is 4.74 Å². The second kappa shape index (κ2) is 5.53. The maximum Gasteiger partial charge on any atom is 0.420 e. The van der Waals surface area contributed by atoms with Gasteiger partial charge in [0.1, 0.15) is 0 Å². The molecule has 0 unspecified atom stereocenters. The van der Waals surface area contributed by atoms with Crippen LogP contribution in [0, 0.1) is 0 Å². The van der Waals surface area contributed by atoms with E-state index in [0.717, 1.165) is 0 Å². The van der Waals surface area contributed by atoms with Crippen molar-refractivity contribution in [1.29, 1.82) is 0 Å². The maximum absolute atomic E-state index is 12.4. The summed E-state index contributed by atoms with van der Waals surface area (Å²) in [6.07, 6.45) is -15.8. The molecule has 0 N–H and O–H groups in total. The quantitative estimate of drug-likeness (QED) is 0.489. The minimum atomic E-state index is -5.20. The predicted molar refractivity (Wildman–Crippen MR) is 36.8 cm³/mol. The number of halogens is 7. The van der Waals surface area contributed by atoms with Gasteiger partial charge in [0.15, 0.2) is 0 Å². The second-order valence-corrected chi connectivity index (χ2v) is 2.75. The van der Waals surface area contributed by atoms with Crippen LogP contribution in [0.5, 0.6) is 0 Å². The van der Waals surface area contributed by atoms with Crippen LogP contribution < -0.4 is 0 Å². The Morgan fingerprint density at radius 2 is 1.53 bits per heavy atom. The highest BCUT2D eigenvalue weighted by Gasteiger charge is 2.50. The number of alkyl halides is 7. The Labute approximate surface area is 81.2 Å². The van der Waals surface area contributed by atoms with E-state index >= 15 is 0 Å². The molecule has 0 radical (unpaired) electrons. The van der Waals surface area contributed by atoms with E-state index in [0.29, 0.717) is 0 Å². The van der Waals surface area contributed by atoms with Crippen LogP contribution in [0.1, 0.15) is 19.3 Å². The van der Waals surface area contributed by atoms with Gasteiger partial charge < -0.3 is 0 Å². The van der Waals surface area contributed by atoms with Gasteiger partial charge in [0.25, 0.3) is 0 Å². The average Bonchev–Trinajstić information content (AvgIpc) is 2.01.